The summed E-state index contributed by atoms with van der Waals surface area (Å²) < 4.78 is 0. The van der Waals surface area contributed by atoms with Crippen LogP contribution in [-0.2, 0) is 0 Å². The van der Waals surface area contributed by atoms with Gasteiger partial charge in [-0.05, 0) is 49.4 Å². The molecule has 2 rings (SSSR count). The van der Waals surface area contributed by atoms with E-state index in [-0.39, 0.29) is 0 Å². The van der Waals surface area contributed by atoms with E-state index in [0.717, 1.165) is 23.7 Å². The van der Waals surface area contributed by atoms with E-state index in [2.05, 4.69) is 13.8 Å². The van der Waals surface area contributed by atoms with E-state index in [1.165, 1.54) is 51.4 Å². The maximum atomic E-state index is 2.33. The van der Waals surface area contributed by atoms with Crippen LogP contribution in [0.15, 0.2) is 0 Å². The summed E-state index contributed by atoms with van der Waals surface area (Å²) in [5.74, 6) is 4.44. The summed E-state index contributed by atoms with van der Waals surface area (Å²) in [5, 5.41) is 0. The van der Waals surface area contributed by atoms with Gasteiger partial charge in [0.05, 0.1) is 0 Å². The zero-order valence-corrected chi connectivity index (χ0v) is 14.2. The molecule has 0 aliphatic heterocycles. The summed E-state index contributed by atoms with van der Waals surface area (Å²) in [4.78, 5) is 0. The maximum Gasteiger partial charge on any atom is -0.0383 e. The first kappa shape index (κ1) is 16.4. The third-order valence-corrected chi connectivity index (χ3v) is 6.26. The fourth-order valence-corrected chi connectivity index (χ4v) is 4.97. The van der Waals surface area contributed by atoms with Gasteiger partial charge in [-0.1, -0.05) is 78.1 Å². The van der Waals surface area contributed by atoms with Crippen LogP contribution in [0.3, 0.4) is 0 Å². The molecule has 0 heterocycles. The Kier molecular flexibility index (Phi) is 7.45. The van der Waals surface area contributed by atoms with Crippen LogP contribution in [0.25, 0.3) is 0 Å². The summed E-state index contributed by atoms with van der Waals surface area (Å²) in [7, 11) is 0. The standard InChI is InChI=1S/C20H38/c1-3-5-7-9-17-11-13-20-16-18(10-8-6-4-2)12-14-19(20)15-17/h17-20H,3-16H2,1-2H3/t17-,18?,19?,20-/m1/s1. The Labute approximate surface area is 128 Å². The molecule has 0 saturated heterocycles. The van der Waals surface area contributed by atoms with Crippen LogP contribution < -0.4 is 0 Å². The molecule has 0 bridgehead atoms. The molecule has 20 heavy (non-hydrogen) atoms. The molecule has 2 unspecified atom stereocenters. The van der Waals surface area contributed by atoms with E-state index in [9.17, 15) is 0 Å². The summed E-state index contributed by atoms with van der Waals surface area (Å²) in [5.41, 5.74) is 0. The van der Waals surface area contributed by atoms with Crippen molar-refractivity contribution in [1.82, 2.24) is 0 Å². The van der Waals surface area contributed by atoms with Crippen molar-refractivity contribution in [2.24, 2.45) is 23.7 Å². The first-order valence-corrected chi connectivity index (χ1v) is 9.83. The molecule has 2 fully saturated rings. The lowest BCUT2D eigenvalue weighted by molar-refractivity contribution is 0.0905. The van der Waals surface area contributed by atoms with Crippen molar-refractivity contribution in [3.8, 4) is 0 Å². The lowest BCUT2D eigenvalue weighted by Gasteiger charge is -2.42. The van der Waals surface area contributed by atoms with Gasteiger partial charge in [-0.15, -0.1) is 0 Å². The van der Waals surface area contributed by atoms with Gasteiger partial charge in [0.15, 0.2) is 0 Å². The first-order chi connectivity index (χ1) is 9.83. The zero-order valence-electron chi connectivity index (χ0n) is 14.2. The molecule has 0 heteroatoms. The largest absolute Gasteiger partial charge is 0.0654 e. The Hall–Kier alpha value is 0. The van der Waals surface area contributed by atoms with Crippen molar-refractivity contribution >= 4 is 0 Å². The van der Waals surface area contributed by atoms with E-state index < -0.39 is 0 Å². The van der Waals surface area contributed by atoms with Crippen LogP contribution in [0.4, 0.5) is 0 Å². The van der Waals surface area contributed by atoms with E-state index >= 15 is 0 Å². The van der Waals surface area contributed by atoms with Crippen molar-refractivity contribution in [1.29, 1.82) is 0 Å². The normalized spacial score (nSPS) is 33.9. The monoisotopic (exact) mass is 278 g/mol. The fraction of sp³-hybridized carbons (Fsp3) is 1.00. The molecule has 0 aromatic carbocycles. The van der Waals surface area contributed by atoms with E-state index in [1.54, 1.807) is 38.5 Å². The Morgan fingerprint density at radius 3 is 1.45 bits per heavy atom. The summed E-state index contributed by atoms with van der Waals surface area (Å²) in [6, 6.07) is 0. The molecule has 0 aromatic rings. The number of unbranched alkanes of at least 4 members (excludes halogenated alkanes) is 4. The summed E-state index contributed by atoms with van der Waals surface area (Å²) in [6.45, 7) is 4.66. The summed E-state index contributed by atoms with van der Waals surface area (Å²) in [6.07, 6.45) is 21.2. The predicted molar refractivity (Wildman–Crippen MR) is 89.9 cm³/mol. The lowest BCUT2D eigenvalue weighted by Crippen LogP contribution is -2.31. The van der Waals surface area contributed by atoms with Gasteiger partial charge in [-0.3, -0.25) is 0 Å². The van der Waals surface area contributed by atoms with Crippen molar-refractivity contribution in [2.45, 2.75) is 104 Å². The highest BCUT2D eigenvalue weighted by Gasteiger charge is 2.34. The van der Waals surface area contributed by atoms with Crippen LogP contribution in [0.2, 0.25) is 0 Å². The van der Waals surface area contributed by atoms with E-state index in [1.807, 2.05) is 0 Å². The molecule has 2 aliphatic rings. The molecule has 0 N–H and O–H groups in total. The number of fused-ring (bicyclic) bond motifs is 1. The fourth-order valence-electron chi connectivity index (χ4n) is 4.97. The molecule has 0 amide bonds. The third kappa shape index (κ3) is 5.08. The Morgan fingerprint density at radius 2 is 1.05 bits per heavy atom. The van der Waals surface area contributed by atoms with Crippen LogP contribution >= 0.6 is 0 Å². The van der Waals surface area contributed by atoms with Gasteiger partial charge in [0.2, 0.25) is 0 Å². The third-order valence-electron chi connectivity index (χ3n) is 6.26. The van der Waals surface area contributed by atoms with Crippen LogP contribution in [0.5, 0.6) is 0 Å². The van der Waals surface area contributed by atoms with Crippen LogP contribution in [-0.4, -0.2) is 0 Å². The van der Waals surface area contributed by atoms with Crippen LogP contribution in [0, 0.1) is 23.7 Å². The second kappa shape index (κ2) is 9.11. The SMILES string of the molecule is CCCCCC1CCC2C[C@H](CCCCC)CC[C@@H]2C1. The zero-order chi connectivity index (χ0) is 14.2. The molecule has 0 spiro atoms. The first-order valence-electron chi connectivity index (χ1n) is 9.83. The number of rotatable bonds is 8. The molecule has 2 aliphatic carbocycles. The van der Waals surface area contributed by atoms with Gasteiger partial charge in [0.1, 0.15) is 0 Å². The van der Waals surface area contributed by atoms with Crippen molar-refractivity contribution in [3.05, 3.63) is 0 Å². The Balaban J connectivity index is 1.66. The minimum absolute atomic E-state index is 1.10. The highest BCUT2D eigenvalue weighted by Crippen LogP contribution is 2.46. The number of hydrogen-bond donors (Lipinski definition) is 0. The molecule has 118 valence electrons. The van der Waals surface area contributed by atoms with Crippen molar-refractivity contribution in [2.75, 3.05) is 0 Å². The average Bonchev–Trinajstić information content (AvgIpc) is 2.48. The van der Waals surface area contributed by atoms with Gasteiger partial charge in [-0.2, -0.15) is 0 Å². The highest BCUT2D eigenvalue weighted by molar-refractivity contribution is 4.86. The van der Waals surface area contributed by atoms with Crippen molar-refractivity contribution < 1.29 is 0 Å². The van der Waals surface area contributed by atoms with Gasteiger partial charge in [-0.25, -0.2) is 0 Å². The second-order valence-electron chi connectivity index (χ2n) is 7.87. The highest BCUT2D eigenvalue weighted by atomic mass is 14.4. The van der Waals surface area contributed by atoms with E-state index in [0.29, 0.717) is 0 Å². The van der Waals surface area contributed by atoms with Gasteiger partial charge in [0.25, 0.3) is 0 Å². The molecular weight excluding hydrogens is 240 g/mol. The Bertz CT molecular complexity index is 218. The topological polar surface area (TPSA) is 0 Å². The second-order valence-corrected chi connectivity index (χ2v) is 7.87. The average molecular weight is 279 g/mol. The molecular formula is C20H38. The van der Waals surface area contributed by atoms with E-state index in [4.69, 9.17) is 0 Å². The minimum Gasteiger partial charge on any atom is -0.0654 e. The Morgan fingerprint density at radius 1 is 0.600 bits per heavy atom. The van der Waals surface area contributed by atoms with Gasteiger partial charge >= 0.3 is 0 Å². The van der Waals surface area contributed by atoms with Crippen molar-refractivity contribution in [3.63, 3.8) is 0 Å². The van der Waals surface area contributed by atoms with Crippen LogP contribution in [0.1, 0.15) is 104 Å². The minimum atomic E-state index is 1.10. The molecule has 2 saturated carbocycles. The number of hydrogen-bond acceptors (Lipinski definition) is 0. The summed E-state index contributed by atoms with van der Waals surface area (Å²) >= 11 is 0. The quantitative estimate of drug-likeness (QED) is 0.420. The van der Waals surface area contributed by atoms with Gasteiger partial charge < -0.3 is 0 Å². The molecule has 0 radical (unpaired) electrons. The smallest absolute Gasteiger partial charge is 0.0383 e. The molecule has 0 aromatic heterocycles. The lowest BCUT2D eigenvalue weighted by atomic mass is 9.63. The molecule has 4 atom stereocenters. The molecule has 0 nitrogen and oxygen atoms in total. The predicted octanol–water partition coefficient (Wildman–Crippen LogP) is 6.98. The maximum absolute atomic E-state index is 2.33. The van der Waals surface area contributed by atoms with Gasteiger partial charge in [0, 0.05) is 0 Å².